The van der Waals surface area contributed by atoms with Gasteiger partial charge >= 0.3 is 0 Å². The van der Waals surface area contributed by atoms with E-state index >= 15 is 0 Å². The molecular weight excluding hydrogens is 293 g/mol. The molecule has 0 saturated heterocycles. The molecule has 0 fully saturated rings. The highest BCUT2D eigenvalue weighted by Crippen LogP contribution is 2.19. The van der Waals surface area contributed by atoms with Crippen LogP contribution in [0.1, 0.15) is 18.2 Å². The van der Waals surface area contributed by atoms with E-state index in [1.165, 1.54) is 12.1 Å². The van der Waals surface area contributed by atoms with Gasteiger partial charge in [-0.25, -0.2) is 17.9 Å². The summed E-state index contributed by atoms with van der Waals surface area (Å²) in [6, 6.07) is 7.33. The molecular formula is C14H16FN3O2S. The van der Waals surface area contributed by atoms with Gasteiger partial charge in [0, 0.05) is 6.20 Å². The summed E-state index contributed by atoms with van der Waals surface area (Å²) >= 11 is 0. The second kappa shape index (κ2) is 6.19. The fraction of sp³-hybridized carbons (Fsp3) is 0.214. The predicted molar refractivity (Wildman–Crippen MR) is 78.7 cm³/mol. The number of halogens is 1. The average molecular weight is 309 g/mol. The highest BCUT2D eigenvalue weighted by atomic mass is 32.2. The number of nitrogens with two attached hydrogens (primary N) is 1. The van der Waals surface area contributed by atoms with Gasteiger partial charge in [-0.1, -0.05) is 13.0 Å². The minimum absolute atomic E-state index is 0.204. The van der Waals surface area contributed by atoms with Gasteiger partial charge in [0.1, 0.15) is 5.82 Å². The molecule has 112 valence electrons. The third-order valence-corrected chi connectivity index (χ3v) is 3.99. The van der Waals surface area contributed by atoms with Crippen LogP contribution in [-0.4, -0.2) is 13.4 Å². The Hall–Kier alpha value is -1.99. The van der Waals surface area contributed by atoms with E-state index in [9.17, 15) is 12.8 Å². The zero-order valence-corrected chi connectivity index (χ0v) is 12.3. The number of hydrogen-bond acceptors (Lipinski definition) is 4. The smallest absolute Gasteiger partial charge is 0.238 e. The Bertz CT molecular complexity index is 748. The first-order chi connectivity index (χ1) is 9.91. The Morgan fingerprint density at radius 3 is 2.71 bits per heavy atom. The number of rotatable bonds is 5. The number of benzene rings is 1. The summed E-state index contributed by atoms with van der Waals surface area (Å²) in [6.07, 6.45) is 2.51. The second-order valence-electron chi connectivity index (χ2n) is 4.50. The van der Waals surface area contributed by atoms with Gasteiger partial charge in [0.05, 0.1) is 22.8 Å². The molecule has 0 aliphatic carbocycles. The van der Waals surface area contributed by atoms with Crippen molar-refractivity contribution in [3.05, 3.63) is 53.6 Å². The summed E-state index contributed by atoms with van der Waals surface area (Å²) in [5.41, 5.74) is 2.11. The van der Waals surface area contributed by atoms with Crippen molar-refractivity contribution >= 4 is 15.7 Å². The maximum atomic E-state index is 13.9. The van der Waals surface area contributed by atoms with Gasteiger partial charge in [0.15, 0.2) is 0 Å². The van der Waals surface area contributed by atoms with Gasteiger partial charge in [0.2, 0.25) is 10.0 Å². The molecule has 0 spiro atoms. The SMILES string of the molecule is CCc1cccnc1CNc1ccc(S(N)(=O)=O)cc1F. The fourth-order valence-electron chi connectivity index (χ4n) is 1.95. The van der Waals surface area contributed by atoms with E-state index < -0.39 is 15.8 Å². The van der Waals surface area contributed by atoms with Crippen LogP contribution in [0.5, 0.6) is 0 Å². The summed E-state index contributed by atoms with van der Waals surface area (Å²) < 4.78 is 36.1. The van der Waals surface area contributed by atoms with Crippen LogP contribution in [0.15, 0.2) is 41.4 Å². The first-order valence-corrected chi connectivity index (χ1v) is 7.95. The Morgan fingerprint density at radius 1 is 1.33 bits per heavy atom. The standard InChI is InChI=1S/C14H16FN3O2S/c1-2-10-4-3-7-17-14(10)9-18-13-6-5-11(8-12(13)15)21(16,19)20/h3-8,18H,2,9H2,1H3,(H2,16,19,20). The van der Waals surface area contributed by atoms with E-state index in [4.69, 9.17) is 5.14 Å². The van der Waals surface area contributed by atoms with Crippen LogP contribution in [0.3, 0.4) is 0 Å². The van der Waals surface area contributed by atoms with Gasteiger partial charge < -0.3 is 5.32 Å². The van der Waals surface area contributed by atoms with Crippen molar-refractivity contribution in [1.29, 1.82) is 0 Å². The molecule has 2 aromatic rings. The lowest BCUT2D eigenvalue weighted by Crippen LogP contribution is -2.13. The van der Waals surface area contributed by atoms with Crippen LogP contribution in [0.4, 0.5) is 10.1 Å². The second-order valence-corrected chi connectivity index (χ2v) is 6.06. The third kappa shape index (κ3) is 3.77. The average Bonchev–Trinajstić information content (AvgIpc) is 2.45. The van der Waals surface area contributed by atoms with Crippen LogP contribution in [0.2, 0.25) is 0 Å². The van der Waals surface area contributed by atoms with Gasteiger partial charge in [0.25, 0.3) is 0 Å². The minimum atomic E-state index is -3.90. The molecule has 2 rings (SSSR count). The number of hydrogen-bond donors (Lipinski definition) is 2. The zero-order valence-electron chi connectivity index (χ0n) is 11.5. The Labute approximate surface area is 123 Å². The molecule has 0 bridgehead atoms. The topological polar surface area (TPSA) is 85.1 Å². The molecule has 7 heteroatoms. The molecule has 21 heavy (non-hydrogen) atoms. The van der Waals surface area contributed by atoms with Crippen LogP contribution in [0, 0.1) is 5.82 Å². The highest BCUT2D eigenvalue weighted by Gasteiger charge is 2.11. The number of sulfonamides is 1. The molecule has 0 saturated carbocycles. The van der Waals surface area contributed by atoms with Crippen molar-refractivity contribution in [3.63, 3.8) is 0 Å². The summed E-state index contributed by atoms with van der Waals surface area (Å²) in [5, 5.41) is 7.86. The van der Waals surface area contributed by atoms with Crippen molar-refractivity contribution in [2.75, 3.05) is 5.32 Å². The number of aromatic nitrogens is 1. The van der Waals surface area contributed by atoms with Gasteiger partial charge in [-0.05, 0) is 36.2 Å². The molecule has 0 unspecified atom stereocenters. The monoisotopic (exact) mass is 309 g/mol. The number of pyridine rings is 1. The lowest BCUT2D eigenvalue weighted by atomic mass is 10.1. The maximum absolute atomic E-state index is 13.9. The van der Waals surface area contributed by atoms with Crippen LogP contribution < -0.4 is 10.5 Å². The van der Waals surface area contributed by atoms with Crippen molar-refractivity contribution in [1.82, 2.24) is 4.98 Å². The molecule has 1 aromatic carbocycles. The molecule has 1 aromatic heterocycles. The molecule has 0 aliphatic rings. The lowest BCUT2D eigenvalue weighted by molar-refractivity contribution is 0.593. The Balaban J connectivity index is 2.17. The summed E-state index contributed by atoms with van der Waals surface area (Å²) in [5.74, 6) is -0.671. The minimum Gasteiger partial charge on any atom is -0.377 e. The van der Waals surface area contributed by atoms with Crippen molar-refractivity contribution < 1.29 is 12.8 Å². The van der Waals surface area contributed by atoms with E-state index in [0.29, 0.717) is 6.54 Å². The van der Waals surface area contributed by atoms with Crippen molar-refractivity contribution in [2.24, 2.45) is 5.14 Å². The number of nitrogens with one attached hydrogen (secondary N) is 1. The van der Waals surface area contributed by atoms with Crippen molar-refractivity contribution in [2.45, 2.75) is 24.8 Å². The first kappa shape index (κ1) is 15.4. The van der Waals surface area contributed by atoms with E-state index in [-0.39, 0.29) is 10.6 Å². The van der Waals surface area contributed by atoms with Crippen LogP contribution in [-0.2, 0) is 23.0 Å². The lowest BCUT2D eigenvalue weighted by Gasteiger charge is -2.10. The van der Waals surface area contributed by atoms with Gasteiger partial charge in [-0.2, -0.15) is 0 Å². The molecule has 0 aliphatic heterocycles. The van der Waals surface area contributed by atoms with E-state index in [1.807, 2.05) is 19.1 Å². The van der Waals surface area contributed by atoms with Gasteiger partial charge in [-0.3, -0.25) is 4.98 Å². The summed E-state index contributed by atoms with van der Waals surface area (Å²) in [4.78, 5) is 4.00. The van der Waals surface area contributed by atoms with Crippen LogP contribution in [0.25, 0.3) is 0 Å². The third-order valence-electron chi connectivity index (χ3n) is 3.08. The molecule has 5 nitrogen and oxygen atoms in total. The molecule has 0 radical (unpaired) electrons. The fourth-order valence-corrected chi connectivity index (χ4v) is 2.47. The molecule has 0 amide bonds. The normalized spacial score (nSPS) is 11.4. The quantitative estimate of drug-likeness (QED) is 0.885. The van der Waals surface area contributed by atoms with E-state index in [1.54, 1.807) is 6.20 Å². The predicted octanol–water partition coefficient (Wildman–Crippen LogP) is 2.04. The Kier molecular flexibility index (Phi) is 4.54. The molecule has 0 atom stereocenters. The van der Waals surface area contributed by atoms with Crippen LogP contribution >= 0.6 is 0 Å². The number of primary sulfonamides is 1. The number of aryl methyl sites for hydroxylation is 1. The number of nitrogens with zero attached hydrogens (tertiary/aromatic N) is 1. The number of anilines is 1. The maximum Gasteiger partial charge on any atom is 0.238 e. The summed E-state index contributed by atoms with van der Waals surface area (Å²) in [7, 11) is -3.90. The van der Waals surface area contributed by atoms with E-state index in [0.717, 1.165) is 23.7 Å². The van der Waals surface area contributed by atoms with E-state index in [2.05, 4.69) is 10.3 Å². The first-order valence-electron chi connectivity index (χ1n) is 6.41. The van der Waals surface area contributed by atoms with Crippen molar-refractivity contribution in [3.8, 4) is 0 Å². The Morgan fingerprint density at radius 2 is 2.10 bits per heavy atom. The molecule has 1 heterocycles. The van der Waals surface area contributed by atoms with Gasteiger partial charge in [-0.15, -0.1) is 0 Å². The summed E-state index contributed by atoms with van der Waals surface area (Å²) in [6.45, 7) is 2.37. The molecule has 3 N–H and O–H groups in total. The zero-order chi connectivity index (χ0) is 15.5. The largest absolute Gasteiger partial charge is 0.377 e. The highest BCUT2D eigenvalue weighted by molar-refractivity contribution is 7.89.